The maximum Gasteiger partial charge on any atom is 0.138 e. The lowest BCUT2D eigenvalue weighted by Crippen LogP contribution is -1.95. The SMILES string of the molecule is [B]C(C)C=Cc1cncc(OCc2ccccc2)c1. The molecule has 0 amide bonds. The van der Waals surface area contributed by atoms with Crippen molar-refractivity contribution in [3.63, 3.8) is 0 Å². The monoisotopic (exact) mass is 249 g/mol. The van der Waals surface area contributed by atoms with Gasteiger partial charge in [-0.25, -0.2) is 0 Å². The van der Waals surface area contributed by atoms with Crippen LogP contribution in [0.2, 0.25) is 5.82 Å². The Hall–Kier alpha value is -2.03. The molecule has 1 atom stereocenters. The Morgan fingerprint density at radius 1 is 1.26 bits per heavy atom. The fourth-order valence-corrected chi connectivity index (χ4v) is 1.61. The van der Waals surface area contributed by atoms with Crippen molar-refractivity contribution in [2.75, 3.05) is 0 Å². The second-order valence-electron chi connectivity index (χ2n) is 4.45. The summed E-state index contributed by atoms with van der Waals surface area (Å²) in [7, 11) is 5.67. The summed E-state index contributed by atoms with van der Waals surface area (Å²) >= 11 is 0. The Labute approximate surface area is 115 Å². The highest BCUT2D eigenvalue weighted by Crippen LogP contribution is 2.15. The summed E-state index contributed by atoms with van der Waals surface area (Å²) in [6, 6.07) is 12.0. The van der Waals surface area contributed by atoms with Gasteiger partial charge < -0.3 is 4.74 Å². The minimum atomic E-state index is 0.0360. The van der Waals surface area contributed by atoms with Crippen LogP contribution in [0.1, 0.15) is 18.1 Å². The molecular formula is C16H16BNO. The maximum absolute atomic E-state index is 5.71. The predicted molar refractivity (Wildman–Crippen MR) is 79.2 cm³/mol. The van der Waals surface area contributed by atoms with Gasteiger partial charge >= 0.3 is 0 Å². The third kappa shape index (κ3) is 4.62. The van der Waals surface area contributed by atoms with E-state index in [9.17, 15) is 0 Å². The Balaban J connectivity index is 1.99. The van der Waals surface area contributed by atoms with Gasteiger partial charge in [0.2, 0.25) is 0 Å². The molecule has 1 unspecified atom stereocenters. The van der Waals surface area contributed by atoms with E-state index in [-0.39, 0.29) is 5.82 Å². The lowest BCUT2D eigenvalue weighted by Gasteiger charge is -2.06. The van der Waals surface area contributed by atoms with Crippen molar-refractivity contribution in [3.05, 3.63) is 66.0 Å². The zero-order valence-electron chi connectivity index (χ0n) is 11.0. The minimum absolute atomic E-state index is 0.0360. The van der Waals surface area contributed by atoms with Crippen LogP contribution in [0.4, 0.5) is 0 Å². The first-order valence-corrected chi connectivity index (χ1v) is 6.29. The van der Waals surface area contributed by atoms with Crippen LogP contribution in [0.15, 0.2) is 54.9 Å². The van der Waals surface area contributed by atoms with Crippen LogP contribution in [0, 0.1) is 0 Å². The van der Waals surface area contributed by atoms with Crippen molar-refractivity contribution < 1.29 is 4.74 Å². The van der Waals surface area contributed by atoms with E-state index < -0.39 is 0 Å². The van der Waals surface area contributed by atoms with Crippen LogP contribution < -0.4 is 4.74 Å². The van der Waals surface area contributed by atoms with E-state index >= 15 is 0 Å². The first kappa shape index (κ1) is 13.4. The summed E-state index contributed by atoms with van der Waals surface area (Å²) < 4.78 is 5.71. The van der Waals surface area contributed by atoms with Gasteiger partial charge in [-0.15, -0.1) is 0 Å². The number of hydrogen-bond acceptors (Lipinski definition) is 2. The molecule has 1 aromatic heterocycles. The van der Waals surface area contributed by atoms with E-state index in [1.807, 2.05) is 55.5 Å². The molecule has 19 heavy (non-hydrogen) atoms. The smallest absolute Gasteiger partial charge is 0.138 e. The number of hydrogen-bond donors (Lipinski definition) is 0. The van der Waals surface area contributed by atoms with Crippen LogP contribution in [0.3, 0.4) is 0 Å². The van der Waals surface area contributed by atoms with Gasteiger partial charge in [0.1, 0.15) is 12.4 Å². The van der Waals surface area contributed by atoms with Gasteiger partial charge in [0, 0.05) is 6.20 Å². The molecule has 0 aliphatic carbocycles. The van der Waals surface area contributed by atoms with E-state index in [0.717, 1.165) is 16.9 Å². The molecule has 1 heterocycles. The van der Waals surface area contributed by atoms with E-state index in [4.69, 9.17) is 12.6 Å². The molecular weight excluding hydrogens is 233 g/mol. The zero-order chi connectivity index (χ0) is 13.5. The summed E-state index contributed by atoms with van der Waals surface area (Å²) in [4.78, 5) is 4.16. The van der Waals surface area contributed by atoms with Crippen LogP contribution in [0.5, 0.6) is 5.75 Å². The second-order valence-corrected chi connectivity index (χ2v) is 4.45. The number of nitrogens with zero attached hydrogens (tertiary/aromatic N) is 1. The molecule has 0 bridgehead atoms. The Morgan fingerprint density at radius 2 is 2.05 bits per heavy atom. The Bertz CT molecular complexity index is 537. The van der Waals surface area contributed by atoms with Gasteiger partial charge in [-0.2, -0.15) is 0 Å². The number of ether oxygens (including phenoxy) is 1. The van der Waals surface area contributed by atoms with Gasteiger partial charge in [0.05, 0.1) is 14.0 Å². The lowest BCUT2D eigenvalue weighted by molar-refractivity contribution is 0.305. The van der Waals surface area contributed by atoms with Gasteiger partial charge in [0.15, 0.2) is 0 Å². The first-order chi connectivity index (χ1) is 9.24. The van der Waals surface area contributed by atoms with Crippen molar-refractivity contribution in [2.24, 2.45) is 0 Å². The molecule has 2 aromatic rings. The molecule has 0 saturated carbocycles. The van der Waals surface area contributed by atoms with Gasteiger partial charge in [0.25, 0.3) is 0 Å². The van der Waals surface area contributed by atoms with E-state index in [0.29, 0.717) is 6.61 Å². The van der Waals surface area contributed by atoms with E-state index in [2.05, 4.69) is 4.98 Å². The van der Waals surface area contributed by atoms with E-state index in [1.165, 1.54) is 0 Å². The number of rotatable bonds is 5. The van der Waals surface area contributed by atoms with Gasteiger partial charge in [-0.1, -0.05) is 55.2 Å². The molecule has 0 aliphatic heterocycles. The van der Waals surface area contributed by atoms with Crippen LogP contribution in [-0.4, -0.2) is 12.8 Å². The first-order valence-electron chi connectivity index (χ1n) is 6.29. The molecule has 0 spiro atoms. The highest BCUT2D eigenvalue weighted by atomic mass is 16.5. The number of allylic oxidation sites excluding steroid dienone is 1. The van der Waals surface area contributed by atoms with Crippen molar-refractivity contribution in [3.8, 4) is 5.75 Å². The zero-order valence-corrected chi connectivity index (χ0v) is 11.0. The van der Waals surface area contributed by atoms with Gasteiger partial charge in [-0.05, 0) is 17.2 Å². The maximum atomic E-state index is 5.71. The summed E-state index contributed by atoms with van der Waals surface area (Å²) in [5.74, 6) is 0.796. The van der Waals surface area contributed by atoms with E-state index in [1.54, 1.807) is 12.4 Å². The highest BCUT2D eigenvalue weighted by molar-refractivity contribution is 6.12. The van der Waals surface area contributed by atoms with Crippen LogP contribution in [0.25, 0.3) is 6.08 Å². The largest absolute Gasteiger partial charge is 0.487 e. The second kappa shape index (κ2) is 6.79. The lowest BCUT2D eigenvalue weighted by atomic mass is 9.89. The summed E-state index contributed by atoms with van der Waals surface area (Å²) in [5.41, 5.74) is 2.13. The summed E-state index contributed by atoms with van der Waals surface area (Å²) in [6.07, 6.45) is 7.38. The normalized spacial score (nSPS) is 12.5. The van der Waals surface area contributed by atoms with Gasteiger partial charge in [-0.3, -0.25) is 4.98 Å². The topological polar surface area (TPSA) is 22.1 Å². The predicted octanol–water partition coefficient (Wildman–Crippen LogP) is 3.65. The molecule has 2 radical (unpaired) electrons. The van der Waals surface area contributed by atoms with Crippen molar-refractivity contribution in [1.29, 1.82) is 0 Å². The Kier molecular flexibility index (Phi) is 4.79. The van der Waals surface area contributed by atoms with Crippen molar-refractivity contribution in [2.45, 2.75) is 19.3 Å². The van der Waals surface area contributed by atoms with Crippen molar-refractivity contribution in [1.82, 2.24) is 4.98 Å². The number of aromatic nitrogens is 1. The molecule has 1 aromatic carbocycles. The third-order valence-electron chi connectivity index (χ3n) is 2.57. The molecule has 94 valence electrons. The molecule has 2 rings (SSSR count). The highest BCUT2D eigenvalue weighted by Gasteiger charge is 1.97. The van der Waals surface area contributed by atoms with Crippen LogP contribution >= 0.6 is 0 Å². The fraction of sp³-hybridized carbons (Fsp3) is 0.188. The molecule has 2 nitrogen and oxygen atoms in total. The number of benzene rings is 1. The molecule has 0 saturated heterocycles. The van der Waals surface area contributed by atoms with Crippen LogP contribution in [-0.2, 0) is 6.61 Å². The average Bonchev–Trinajstić information content (AvgIpc) is 2.44. The standard InChI is InChI=1S/C16H16BNO/c1-13(17)7-8-15-9-16(11-18-10-15)19-12-14-5-3-2-4-6-14/h2-11,13H,12H2,1H3. The summed E-state index contributed by atoms with van der Waals surface area (Å²) in [5, 5.41) is 0. The Morgan fingerprint density at radius 3 is 2.79 bits per heavy atom. The molecule has 3 heteroatoms. The fourth-order valence-electron chi connectivity index (χ4n) is 1.61. The third-order valence-corrected chi connectivity index (χ3v) is 2.57. The molecule has 0 fully saturated rings. The minimum Gasteiger partial charge on any atom is -0.487 e. The number of pyridine rings is 1. The molecule has 0 N–H and O–H groups in total. The average molecular weight is 249 g/mol. The van der Waals surface area contributed by atoms with Crippen molar-refractivity contribution >= 4 is 13.9 Å². The quantitative estimate of drug-likeness (QED) is 0.754. The molecule has 0 aliphatic rings. The summed E-state index contributed by atoms with van der Waals surface area (Å²) in [6.45, 7) is 2.47.